The van der Waals surface area contributed by atoms with Gasteiger partial charge in [0.1, 0.15) is 0 Å². The fourth-order valence-corrected chi connectivity index (χ4v) is 7.74. The molecule has 3 aromatic rings. The molecule has 2 unspecified atom stereocenters. The number of aromatic carboxylic acids is 1. The van der Waals surface area contributed by atoms with Crippen LogP contribution in [-0.4, -0.2) is 65.4 Å². The van der Waals surface area contributed by atoms with E-state index < -0.39 is 23.2 Å². The molecule has 1 N–H and O–H groups in total. The predicted molar refractivity (Wildman–Crippen MR) is 163 cm³/mol. The molecule has 3 aliphatic heterocycles. The summed E-state index contributed by atoms with van der Waals surface area (Å²) in [6.45, 7) is 5.34. The van der Waals surface area contributed by atoms with Crippen molar-refractivity contribution in [3.8, 4) is 0 Å². The Balaban J connectivity index is 1.17. The van der Waals surface area contributed by atoms with Gasteiger partial charge in [-0.1, -0.05) is 67.6 Å². The second-order valence-corrected chi connectivity index (χ2v) is 12.5. The van der Waals surface area contributed by atoms with Gasteiger partial charge >= 0.3 is 17.8 Å². The van der Waals surface area contributed by atoms with E-state index in [2.05, 4.69) is 24.0 Å². The SMILES string of the molecule is CC1CN(Cc2cccc(C(=O)O)c2)C(=O)C2(CCN(CCCN3C(=O)C(F)(F)c4ccccc43)CC2)C1c1ccccc1. The number of rotatable bonds is 8. The van der Waals surface area contributed by atoms with Gasteiger partial charge in [0.15, 0.2) is 0 Å². The summed E-state index contributed by atoms with van der Waals surface area (Å²) in [5.74, 6) is -5.33. The Morgan fingerprint density at radius 1 is 0.909 bits per heavy atom. The number of hydrogen-bond acceptors (Lipinski definition) is 4. The monoisotopic (exact) mass is 601 g/mol. The average Bonchev–Trinajstić information content (AvgIpc) is 3.22. The van der Waals surface area contributed by atoms with Crippen LogP contribution in [0.4, 0.5) is 14.5 Å². The fraction of sp³-hybridized carbons (Fsp3) is 0.400. The molecule has 2 saturated heterocycles. The molecule has 6 rings (SSSR count). The topological polar surface area (TPSA) is 81.2 Å². The van der Waals surface area contributed by atoms with Gasteiger partial charge in [0, 0.05) is 25.6 Å². The maximum absolute atomic E-state index is 14.6. The van der Waals surface area contributed by atoms with Crippen LogP contribution < -0.4 is 4.90 Å². The number of alkyl halides is 2. The van der Waals surface area contributed by atoms with Gasteiger partial charge in [-0.15, -0.1) is 0 Å². The van der Waals surface area contributed by atoms with Crippen LogP contribution in [0.3, 0.4) is 0 Å². The second-order valence-electron chi connectivity index (χ2n) is 12.5. The van der Waals surface area contributed by atoms with Crippen LogP contribution in [0.15, 0.2) is 78.9 Å². The molecule has 2 fully saturated rings. The van der Waals surface area contributed by atoms with Crippen molar-refractivity contribution in [2.75, 3.05) is 37.6 Å². The maximum Gasteiger partial charge on any atom is 0.352 e. The Morgan fingerprint density at radius 3 is 2.34 bits per heavy atom. The molecule has 0 saturated carbocycles. The van der Waals surface area contributed by atoms with E-state index in [0.29, 0.717) is 52.0 Å². The zero-order valence-corrected chi connectivity index (χ0v) is 24.8. The van der Waals surface area contributed by atoms with E-state index in [1.165, 1.54) is 17.0 Å². The van der Waals surface area contributed by atoms with Gasteiger partial charge in [-0.25, -0.2) is 4.79 Å². The minimum Gasteiger partial charge on any atom is -0.478 e. The third kappa shape index (κ3) is 5.27. The van der Waals surface area contributed by atoms with Gasteiger partial charge in [0.05, 0.1) is 22.2 Å². The van der Waals surface area contributed by atoms with Crippen molar-refractivity contribution in [1.29, 1.82) is 0 Å². The lowest BCUT2D eigenvalue weighted by atomic mass is 9.59. The van der Waals surface area contributed by atoms with E-state index in [1.807, 2.05) is 29.2 Å². The summed E-state index contributed by atoms with van der Waals surface area (Å²) in [6, 6.07) is 23.1. The second kappa shape index (κ2) is 11.8. The third-order valence-corrected chi connectivity index (χ3v) is 9.74. The minimum absolute atomic E-state index is 0.0425. The first kappa shape index (κ1) is 29.9. The summed E-state index contributed by atoms with van der Waals surface area (Å²) < 4.78 is 29.1. The Morgan fingerprint density at radius 2 is 1.61 bits per heavy atom. The van der Waals surface area contributed by atoms with Crippen molar-refractivity contribution < 1.29 is 28.3 Å². The molecular formula is C35H37F2N3O4. The average molecular weight is 602 g/mol. The first-order chi connectivity index (χ1) is 21.1. The number of carboxylic acids is 1. The summed E-state index contributed by atoms with van der Waals surface area (Å²) in [5, 5.41) is 9.46. The Bertz CT molecular complexity index is 1550. The summed E-state index contributed by atoms with van der Waals surface area (Å²) in [6.07, 6.45) is 1.86. The molecule has 230 valence electrons. The predicted octanol–water partition coefficient (Wildman–Crippen LogP) is 5.76. The van der Waals surface area contributed by atoms with Crippen molar-refractivity contribution in [3.63, 3.8) is 0 Å². The highest BCUT2D eigenvalue weighted by Crippen LogP contribution is 2.53. The zero-order valence-electron chi connectivity index (χ0n) is 24.8. The van der Waals surface area contributed by atoms with Crippen LogP contribution in [-0.2, 0) is 22.1 Å². The molecule has 7 nitrogen and oxygen atoms in total. The summed E-state index contributed by atoms with van der Waals surface area (Å²) in [4.78, 5) is 43.9. The molecule has 3 heterocycles. The van der Waals surface area contributed by atoms with Gasteiger partial charge in [-0.2, -0.15) is 8.78 Å². The molecular weight excluding hydrogens is 564 g/mol. The normalized spacial score (nSPS) is 22.8. The Hall–Kier alpha value is -4.11. The van der Waals surface area contributed by atoms with E-state index >= 15 is 0 Å². The van der Waals surface area contributed by atoms with Gasteiger partial charge < -0.3 is 19.8 Å². The molecule has 2 amide bonds. The molecule has 0 bridgehead atoms. The van der Waals surface area contributed by atoms with E-state index in [-0.39, 0.29) is 41.1 Å². The largest absolute Gasteiger partial charge is 0.478 e. The quantitative estimate of drug-likeness (QED) is 0.355. The Kier molecular flexibility index (Phi) is 8.01. The van der Waals surface area contributed by atoms with Crippen molar-refractivity contribution in [1.82, 2.24) is 9.80 Å². The van der Waals surface area contributed by atoms with Gasteiger partial charge in [0.25, 0.3) is 0 Å². The van der Waals surface area contributed by atoms with Crippen LogP contribution in [0, 0.1) is 11.3 Å². The molecule has 3 aliphatic rings. The minimum atomic E-state index is -3.50. The van der Waals surface area contributed by atoms with E-state index in [9.17, 15) is 28.3 Å². The van der Waals surface area contributed by atoms with Crippen LogP contribution in [0.5, 0.6) is 0 Å². The van der Waals surface area contributed by atoms with E-state index in [4.69, 9.17) is 0 Å². The van der Waals surface area contributed by atoms with Crippen molar-refractivity contribution >= 4 is 23.5 Å². The number of likely N-dealkylation sites (tertiary alicyclic amines) is 2. The number of anilines is 1. The highest BCUT2D eigenvalue weighted by molar-refractivity contribution is 6.05. The number of benzene rings is 3. The smallest absolute Gasteiger partial charge is 0.352 e. The van der Waals surface area contributed by atoms with Gasteiger partial charge in [0.2, 0.25) is 5.91 Å². The molecule has 3 aromatic carbocycles. The number of piperidine rings is 2. The standard InChI is InChI=1S/C35H37F2N3O4/c1-24-22-39(23-25-9-7-12-27(21-25)31(41)42)32(43)34(30(24)26-10-3-2-4-11-26)15-19-38(20-16-34)17-8-18-40-29-14-6-5-13-28(29)35(36,37)33(40)44/h2-7,9-14,21,24,30H,8,15-20,22-23H2,1H3,(H,41,42). The number of carbonyl (C=O) groups is 3. The molecule has 1 spiro atoms. The lowest BCUT2D eigenvalue weighted by Crippen LogP contribution is -2.59. The summed E-state index contributed by atoms with van der Waals surface area (Å²) in [7, 11) is 0. The van der Waals surface area contributed by atoms with Crippen LogP contribution >= 0.6 is 0 Å². The zero-order chi connectivity index (χ0) is 31.1. The number of hydrogen-bond donors (Lipinski definition) is 1. The molecule has 0 aromatic heterocycles. The number of para-hydroxylation sites is 1. The number of fused-ring (bicyclic) bond motifs is 1. The van der Waals surface area contributed by atoms with Crippen molar-refractivity contribution in [2.45, 2.75) is 44.6 Å². The summed E-state index contributed by atoms with van der Waals surface area (Å²) in [5.41, 5.74) is 1.59. The Labute approximate surface area is 256 Å². The lowest BCUT2D eigenvalue weighted by Gasteiger charge is -2.53. The number of nitrogens with zero attached hydrogens (tertiary/aromatic N) is 3. The molecule has 44 heavy (non-hydrogen) atoms. The molecule has 0 aliphatic carbocycles. The van der Waals surface area contributed by atoms with Crippen molar-refractivity contribution in [2.24, 2.45) is 11.3 Å². The van der Waals surface area contributed by atoms with E-state index in [1.54, 1.807) is 30.3 Å². The van der Waals surface area contributed by atoms with Crippen molar-refractivity contribution in [3.05, 3.63) is 101 Å². The number of carboxylic acid groups (broad SMARTS) is 1. The van der Waals surface area contributed by atoms with Crippen LogP contribution in [0.25, 0.3) is 0 Å². The number of carbonyl (C=O) groups excluding carboxylic acids is 2. The van der Waals surface area contributed by atoms with Crippen LogP contribution in [0.2, 0.25) is 0 Å². The first-order valence-corrected chi connectivity index (χ1v) is 15.3. The van der Waals surface area contributed by atoms with E-state index in [0.717, 1.165) is 11.1 Å². The van der Waals surface area contributed by atoms with Gasteiger partial charge in [-0.05, 0) is 74.1 Å². The third-order valence-electron chi connectivity index (χ3n) is 9.74. The number of halogens is 2. The highest BCUT2D eigenvalue weighted by Gasteiger charge is 2.55. The molecule has 9 heteroatoms. The number of amides is 2. The maximum atomic E-state index is 14.6. The summed E-state index contributed by atoms with van der Waals surface area (Å²) >= 11 is 0. The molecule has 0 radical (unpaired) electrons. The first-order valence-electron chi connectivity index (χ1n) is 15.3. The molecule has 2 atom stereocenters. The van der Waals surface area contributed by atoms with Gasteiger partial charge in [-0.3, -0.25) is 9.59 Å². The fourth-order valence-electron chi connectivity index (χ4n) is 7.74. The lowest BCUT2D eigenvalue weighted by molar-refractivity contribution is -0.156. The highest BCUT2D eigenvalue weighted by atomic mass is 19.3. The van der Waals surface area contributed by atoms with Crippen LogP contribution in [0.1, 0.15) is 59.2 Å².